The van der Waals surface area contributed by atoms with Gasteiger partial charge >= 0.3 is 5.97 Å². The Morgan fingerprint density at radius 3 is 2.31 bits per heavy atom. The summed E-state index contributed by atoms with van der Waals surface area (Å²) in [6, 6.07) is 18.6. The summed E-state index contributed by atoms with van der Waals surface area (Å²) in [6.45, 7) is 0. The Morgan fingerprint density at radius 2 is 1.58 bits per heavy atom. The second kappa shape index (κ2) is 6.98. The van der Waals surface area contributed by atoms with E-state index in [1.54, 1.807) is 24.3 Å². The van der Waals surface area contributed by atoms with Gasteiger partial charge in [0.15, 0.2) is 0 Å². The molecule has 0 saturated carbocycles. The highest BCUT2D eigenvalue weighted by Crippen LogP contribution is 2.30. The van der Waals surface area contributed by atoms with Gasteiger partial charge in [0.2, 0.25) is 0 Å². The molecule has 0 bridgehead atoms. The monoisotopic (exact) mass is 426 g/mol. The number of ether oxygens (including phenoxy) is 1. The predicted octanol–water partition coefficient (Wildman–Crippen LogP) is 6.34. The normalized spacial score (nSPS) is 15.2. The summed E-state index contributed by atoms with van der Waals surface area (Å²) in [5, 5.41) is 0.668. The van der Waals surface area contributed by atoms with Crippen molar-refractivity contribution in [2.45, 2.75) is 0 Å². The Kier molecular flexibility index (Phi) is 4.53. The van der Waals surface area contributed by atoms with Crippen LogP contribution in [0.25, 0.3) is 23.2 Å². The first-order valence-corrected chi connectivity index (χ1v) is 9.03. The van der Waals surface area contributed by atoms with Crippen LogP contribution < -0.4 is 0 Å². The molecule has 0 atom stereocenters. The average Bonchev–Trinajstić information content (AvgIpc) is 3.24. The Bertz CT molecular complexity index is 1030. The molecule has 0 fully saturated rings. The lowest BCUT2D eigenvalue weighted by molar-refractivity contribution is -0.130. The van der Waals surface area contributed by atoms with Crippen LogP contribution in [0.15, 0.2) is 81.2 Å². The predicted molar refractivity (Wildman–Crippen MR) is 105 cm³/mol. The van der Waals surface area contributed by atoms with Crippen molar-refractivity contribution in [3.63, 3.8) is 0 Å². The SMILES string of the molecule is O=C1OC(c2ccc(Br)cc2)=C/C1=C\c1ccc(-c2ccc(Cl)cc2)o1. The summed E-state index contributed by atoms with van der Waals surface area (Å²) in [5.74, 6) is 1.41. The van der Waals surface area contributed by atoms with E-state index in [1.807, 2.05) is 48.5 Å². The highest BCUT2D eigenvalue weighted by atomic mass is 79.9. The van der Waals surface area contributed by atoms with E-state index in [0.717, 1.165) is 15.6 Å². The van der Waals surface area contributed by atoms with E-state index in [4.69, 9.17) is 20.8 Å². The van der Waals surface area contributed by atoms with Crippen LogP contribution in [0.3, 0.4) is 0 Å². The van der Waals surface area contributed by atoms with Gasteiger partial charge in [-0.15, -0.1) is 0 Å². The molecule has 0 unspecified atom stereocenters. The molecule has 0 saturated heterocycles. The number of benzene rings is 2. The molecule has 1 aliphatic heterocycles. The van der Waals surface area contributed by atoms with Crippen molar-refractivity contribution in [1.29, 1.82) is 0 Å². The first kappa shape index (κ1) is 16.9. The lowest BCUT2D eigenvalue weighted by atomic mass is 10.1. The maximum Gasteiger partial charge on any atom is 0.343 e. The summed E-state index contributed by atoms with van der Waals surface area (Å²) in [5.41, 5.74) is 2.20. The Labute approximate surface area is 163 Å². The van der Waals surface area contributed by atoms with Crippen molar-refractivity contribution < 1.29 is 13.9 Å². The van der Waals surface area contributed by atoms with Gasteiger partial charge in [0, 0.05) is 20.6 Å². The number of carbonyl (C=O) groups is 1. The number of furan rings is 1. The van der Waals surface area contributed by atoms with Gasteiger partial charge in [-0.3, -0.25) is 0 Å². The molecule has 0 spiro atoms. The molecule has 1 aromatic heterocycles. The van der Waals surface area contributed by atoms with Crippen LogP contribution in [0.4, 0.5) is 0 Å². The number of hydrogen-bond donors (Lipinski definition) is 0. The van der Waals surface area contributed by atoms with Crippen molar-refractivity contribution in [2.75, 3.05) is 0 Å². The zero-order chi connectivity index (χ0) is 18.1. The molecule has 0 N–H and O–H groups in total. The fourth-order valence-corrected chi connectivity index (χ4v) is 2.99. The molecule has 0 amide bonds. The molecule has 128 valence electrons. The lowest BCUT2D eigenvalue weighted by Crippen LogP contribution is -1.96. The molecule has 4 rings (SSSR count). The van der Waals surface area contributed by atoms with E-state index < -0.39 is 5.97 Å². The van der Waals surface area contributed by atoms with Crippen LogP contribution in [-0.4, -0.2) is 5.97 Å². The third-order valence-corrected chi connectivity index (χ3v) is 4.69. The van der Waals surface area contributed by atoms with Crippen LogP contribution in [0, 0.1) is 0 Å². The number of esters is 1. The lowest BCUT2D eigenvalue weighted by Gasteiger charge is -2.01. The standard InChI is InChI=1S/C21H12BrClO3/c22-16-5-1-14(2-6-16)20-12-15(21(24)26-20)11-18-9-10-19(25-18)13-3-7-17(23)8-4-13/h1-12H/b15-11+. The summed E-state index contributed by atoms with van der Waals surface area (Å²) in [6.07, 6.45) is 3.39. The molecular weight excluding hydrogens is 416 g/mol. The van der Waals surface area contributed by atoms with Crippen LogP contribution in [0.5, 0.6) is 0 Å². The first-order valence-electron chi connectivity index (χ1n) is 7.86. The molecule has 1 aliphatic rings. The van der Waals surface area contributed by atoms with Gasteiger partial charge in [-0.05, 0) is 60.7 Å². The summed E-state index contributed by atoms with van der Waals surface area (Å²) in [4.78, 5) is 12.1. The van der Waals surface area contributed by atoms with Gasteiger partial charge in [0.1, 0.15) is 17.3 Å². The minimum absolute atomic E-state index is 0.396. The summed E-state index contributed by atoms with van der Waals surface area (Å²) < 4.78 is 12.1. The molecule has 2 aromatic carbocycles. The maximum absolute atomic E-state index is 12.1. The van der Waals surface area contributed by atoms with Crippen LogP contribution >= 0.6 is 27.5 Å². The minimum Gasteiger partial charge on any atom is -0.457 e. The number of carbonyl (C=O) groups excluding carboxylic acids is 1. The highest BCUT2D eigenvalue weighted by molar-refractivity contribution is 9.10. The van der Waals surface area contributed by atoms with Crippen molar-refractivity contribution in [3.8, 4) is 11.3 Å². The molecule has 3 nitrogen and oxygen atoms in total. The minimum atomic E-state index is -0.396. The van der Waals surface area contributed by atoms with Gasteiger partial charge in [-0.2, -0.15) is 0 Å². The number of halogens is 2. The van der Waals surface area contributed by atoms with Gasteiger partial charge in [-0.25, -0.2) is 4.79 Å². The van der Waals surface area contributed by atoms with E-state index in [9.17, 15) is 4.79 Å². The van der Waals surface area contributed by atoms with Gasteiger partial charge in [0.05, 0.1) is 5.57 Å². The second-order valence-corrected chi connectivity index (χ2v) is 7.07. The van der Waals surface area contributed by atoms with Crippen LogP contribution in [-0.2, 0) is 9.53 Å². The second-order valence-electron chi connectivity index (χ2n) is 5.71. The quantitative estimate of drug-likeness (QED) is 0.361. The fraction of sp³-hybridized carbons (Fsp3) is 0. The molecule has 26 heavy (non-hydrogen) atoms. The molecular formula is C21H12BrClO3. The van der Waals surface area contributed by atoms with Crippen LogP contribution in [0.2, 0.25) is 5.02 Å². The third kappa shape index (κ3) is 3.52. The van der Waals surface area contributed by atoms with E-state index in [0.29, 0.717) is 27.9 Å². The van der Waals surface area contributed by atoms with Gasteiger partial charge in [0.25, 0.3) is 0 Å². The van der Waals surface area contributed by atoms with E-state index in [-0.39, 0.29) is 0 Å². The summed E-state index contributed by atoms with van der Waals surface area (Å²) >= 11 is 9.30. The fourth-order valence-electron chi connectivity index (χ4n) is 2.60. The highest BCUT2D eigenvalue weighted by Gasteiger charge is 2.22. The zero-order valence-corrected chi connectivity index (χ0v) is 15.8. The zero-order valence-electron chi connectivity index (χ0n) is 13.4. The summed E-state index contributed by atoms with van der Waals surface area (Å²) in [7, 11) is 0. The van der Waals surface area contributed by atoms with Crippen molar-refractivity contribution in [3.05, 3.63) is 93.1 Å². The average molecular weight is 428 g/mol. The topological polar surface area (TPSA) is 39.4 Å². The van der Waals surface area contributed by atoms with Gasteiger partial charge < -0.3 is 9.15 Å². The van der Waals surface area contributed by atoms with Crippen LogP contribution in [0.1, 0.15) is 11.3 Å². The Balaban J connectivity index is 1.61. The molecule has 0 aliphatic carbocycles. The first-order chi connectivity index (χ1) is 12.6. The largest absolute Gasteiger partial charge is 0.457 e. The van der Waals surface area contributed by atoms with E-state index in [1.165, 1.54) is 0 Å². The third-order valence-electron chi connectivity index (χ3n) is 3.91. The van der Waals surface area contributed by atoms with E-state index in [2.05, 4.69) is 15.9 Å². The smallest absolute Gasteiger partial charge is 0.343 e. The Hall–Kier alpha value is -2.56. The molecule has 5 heteroatoms. The number of cyclic esters (lactones) is 1. The van der Waals surface area contributed by atoms with Gasteiger partial charge in [-0.1, -0.05) is 39.7 Å². The van der Waals surface area contributed by atoms with Crippen molar-refractivity contribution in [1.82, 2.24) is 0 Å². The van der Waals surface area contributed by atoms with Crippen molar-refractivity contribution >= 4 is 45.3 Å². The molecule has 2 heterocycles. The molecule has 3 aromatic rings. The van der Waals surface area contributed by atoms with Crippen molar-refractivity contribution in [2.24, 2.45) is 0 Å². The van der Waals surface area contributed by atoms with E-state index >= 15 is 0 Å². The number of hydrogen-bond acceptors (Lipinski definition) is 3. The maximum atomic E-state index is 12.1. The molecule has 0 radical (unpaired) electrons. The number of rotatable bonds is 3. The Morgan fingerprint density at radius 1 is 0.885 bits per heavy atom.